The van der Waals surface area contributed by atoms with Crippen LogP contribution < -0.4 is 14.8 Å². The summed E-state index contributed by atoms with van der Waals surface area (Å²) in [6, 6.07) is 18.2. The van der Waals surface area contributed by atoms with Gasteiger partial charge in [-0.3, -0.25) is 4.79 Å². The summed E-state index contributed by atoms with van der Waals surface area (Å²) in [6.07, 6.45) is 0. The number of fused-ring (bicyclic) bond motifs is 1. The Morgan fingerprint density at radius 2 is 1.63 bits per heavy atom. The van der Waals surface area contributed by atoms with Gasteiger partial charge in [0, 0.05) is 18.2 Å². The highest BCUT2D eigenvalue weighted by Crippen LogP contribution is 2.22. The zero-order valence-electron chi connectivity index (χ0n) is 17.3. The molecule has 0 fully saturated rings. The van der Waals surface area contributed by atoms with Crippen molar-refractivity contribution in [2.24, 2.45) is 0 Å². The van der Waals surface area contributed by atoms with Crippen LogP contribution in [-0.2, 0) is 22.3 Å². The molecule has 0 aliphatic heterocycles. The van der Waals surface area contributed by atoms with Crippen molar-refractivity contribution in [1.82, 2.24) is 10.0 Å². The number of sulfonamides is 1. The number of hydrogen-bond donors (Lipinski definition) is 2. The number of carbonyl (C=O) groups is 1. The van der Waals surface area contributed by atoms with E-state index in [1.54, 1.807) is 39.2 Å². The summed E-state index contributed by atoms with van der Waals surface area (Å²) >= 11 is 0. The van der Waals surface area contributed by atoms with E-state index < -0.39 is 10.0 Å². The van der Waals surface area contributed by atoms with Gasteiger partial charge in [0.25, 0.3) is 5.91 Å². The van der Waals surface area contributed by atoms with Crippen LogP contribution in [0.15, 0.2) is 60.7 Å². The van der Waals surface area contributed by atoms with Crippen LogP contribution in [0.25, 0.3) is 10.8 Å². The van der Waals surface area contributed by atoms with Gasteiger partial charge in [0.05, 0.1) is 12.9 Å². The number of nitrogens with one attached hydrogen (secondary N) is 2. The molecule has 0 saturated carbocycles. The van der Waals surface area contributed by atoms with Gasteiger partial charge in [-0.2, -0.15) is 0 Å². The topological polar surface area (TPSA) is 84.5 Å². The molecular weight excluding hydrogens is 400 g/mol. The molecule has 3 aromatic rings. The number of hydrogen-bond acceptors (Lipinski definition) is 4. The van der Waals surface area contributed by atoms with Crippen molar-refractivity contribution in [2.45, 2.75) is 32.2 Å². The maximum atomic E-state index is 12.7. The fourth-order valence-corrected chi connectivity index (χ4v) is 4.74. The third-order valence-electron chi connectivity index (χ3n) is 4.63. The van der Waals surface area contributed by atoms with E-state index in [0.29, 0.717) is 11.1 Å². The van der Waals surface area contributed by atoms with Crippen molar-refractivity contribution < 1.29 is 17.9 Å². The van der Waals surface area contributed by atoms with Crippen molar-refractivity contribution in [3.05, 3.63) is 77.4 Å². The van der Waals surface area contributed by atoms with E-state index in [4.69, 9.17) is 4.74 Å². The Balaban J connectivity index is 1.73. The molecule has 6 nitrogen and oxygen atoms in total. The summed E-state index contributed by atoms with van der Waals surface area (Å²) < 4.78 is 32.4. The Bertz CT molecular complexity index is 1160. The molecule has 3 rings (SSSR count). The number of amides is 1. The molecule has 0 saturated heterocycles. The van der Waals surface area contributed by atoms with Crippen LogP contribution in [0, 0.1) is 0 Å². The van der Waals surface area contributed by atoms with E-state index in [1.807, 2.05) is 42.5 Å². The number of benzene rings is 3. The van der Waals surface area contributed by atoms with Crippen LogP contribution in [0.2, 0.25) is 0 Å². The van der Waals surface area contributed by atoms with Crippen molar-refractivity contribution >= 4 is 26.7 Å². The second-order valence-electron chi connectivity index (χ2n) is 7.41. The summed E-state index contributed by atoms with van der Waals surface area (Å²) in [4.78, 5) is 12.7. The van der Waals surface area contributed by atoms with Gasteiger partial charge < -0.3 is 10.1 Å². The predicted molar refractivity (Wildman–Crippen MR) is 119 cm³/mol. The minimum Gasteiger partial charge on any atom is -0.497 e. The van der Waals surface area contributed by atoms with Gasteiger partial charge in [-0.25, -0.2) is 13.1 Å². The average molecular weight is 427 g/mol. The zero-order chi connectivity index (χ0) is 21.7. The molecule has 2 N–H and O–H groups in total. The number of methoxy groups -OCH3 is 1. The highest BCUT2D eigenvalue weighted by Gasteiger charge is 2.16. The second-order valence-corrected chi connectivity index (χ2v) is 9.16. The summed E-state index contributed by atoms with van der Waals surface area (Å²) in [5, 5.41) is 4.82. The fraction of sp³-hybridized carbons (Fsp3) is 0.261. The molecule has 0 spiro atoms. The highest BCUT2D eigenvalue weighted by atomic mass is 32.2. The maximum Gasteiger partial charge on any atom is 0.251 e. The molecule has 158 valence electrons. The molecule has 3 aromatic carbocycles. The first-order valence-corrected chi connectivity index (χ1v) is 11.4. The van der Waals surface area contributed by atoms with Crippen LogP contribution in [0.1, 0.15) is 35.3 Å². The Morgan fingerprint density at radius 1 is 0.967 bits per heavy atom. The monoisotopic (exact) mass is 426 g/mol. The second kappa shape index (κ2) is 9.28. The Hall–Kier alpha value is -2.90. The van der Waals surface area contributed by atoms with E-state index in [2.05, 4.69) is 10.0 Å². The SMILES string of the molecule is COc1ccc2cc(C(=O)NCc3ccccc3CS(=O)(=O)NC(C)C)ccc2c1. The normalized spacial score (nSPS) is 11.6. The first kappa shape index (κ1) is 21.8. The third kappa shape index (κ3) is 5.58. The van der Waals surface area contributed by atoms with Crippen molar-refractivity contribution in [3.8, 4) is 5.75 Å². The molecule has 0 aliphatic carbocycles. The molecule has 30 heavy (non-hydrogen) atoms. The van der Waals surface area contributed by atoms with Gasteiger partial charge >= 0.3 is 0 Å². The molecule has 0 aliphatic rings. The van der Waals surface area contributed by atoms with Crippen LogP contribution in [0.5, 0.6) is 5.75 Å². The molecule has 0 bridgehead atoms. The van der Waals surface area contributed by atoms with Crippen LogP contribution in [0.3, 0.4) is 0 Å². The van der Waals surface area contributed by atoms with E-state index in [-0.39, 0.29) is 24.2 Å². The molecule has 1 amide bonds. The van der Waals surface area contributed by atoms with Crippen LogP contribution >= 0.6 is 0 Å². The minimum absolute atomic E-state index is 0.130. The lowest BCUT2D eigenvalue weighted by Crippen LogP contribution is -2.31. The summed E-state index contributed by atoms with van der Waals surface area (Å²) in [5.41, 5.74) is 1.97. The maximum absolute atomic E-state index is 12.7. The molecule has 0 heterocycles. The molecule has 0 aromatic heterocycles. The molecular formula is C23H26N2O4S. The van der Waals surface area contributed by atoms with Gasteiger partial charge in [-0.1, -0.05) is 36.4 Å². The van der Waals surface area contributed by atoms with Crippen LogP contribution in [0.4, 0.5) is 0 Å². The fourth-order valence-electron chi connectivity index (χ4n) is 3.25. The number of ether oxygens (including phenoxy) is 1. The van der Waals surface area contributed by atoms with Crippen molar-refractivity contribution in [1.29, 1.82) is 0 Å². The Morgan fingerprint density at radius 3 is 2.33 bits per heavy atom. The predicted octanol–water partition coefficient (Wildman–Crippen LogP) is 3.61. The standard InChI is InChI=1S/C23H26N2O4S/c1-16(2)25-30(27,28)15-21-7-5-4-6-20(21)14-24-23(26)19-9-8-18-13-22(29-3)11-10-17(18)12-19/h4-13,16,25H,14-15H2,1-3H3,(H,24,26). The zero-order valence-corrected chi connectivity index (χ0v) is 18.1. The minimum atomic E-state index is -3.45. The first-order valence-electron chi connectivity index (χ1n) is 9.70. The quantitative estimate of drug-likeness (QED) is 0.576. The van der Waals surface area contributed by atoms with Gasteiger partial charge in [-0.15, -0.1) is 0 Å². The van der Waals surface area contributed by atoms with Gasteiger partial charge in [-0.05, 0) is 60.0 Å². The molecule has 7 heteroatoms. The van der Waals surface area contributed by atoms with Gasteiger partial charge in [0.15, 0.2) is 0 Å². The van der Waals surface area contributed by atoms with Crippen LogP contribution in [-0.4, -0.2) is 27.5 Å². The van der Waals surface area contributed by atoms with Gasteiger partial charge in [0.1, 0.15) is 5.75 Å². The molecule has 0 radical (unpaired) electrons. The Kier molecular flexibility index (Phi) is 6.74. The average Bonchev–Trinajstić information content (AvgIpc) is 2.70. The highest BCUT2D eigenvalue weighted by molar-refractivity contribution is 7.88. The lowest BCUT2D eigenvalue weighted by atomic mass is 10.1. The summed E-state index contributed by atoms with van der Waals surface area (Å²) in [5.74, 6) is 0.415. The van der Waals surface area contributed by atoms with E-state index >= 15 is 0 Å². The van der Waals surface area contributed by atoms with E-state index in [1.165, 1.54) is 0 Å². The van der Waals surface area contributed by atoms with E-state index in [0.717, 1.165) is 22.1 Å². The number of carbonyl (C=O) groups excluding carboxylic acids is 1. The molecule has 0 unspecified atom stereocenters. The van der Waals surface area contributed by atoms with Gasteiger partial charge in [0.2, 0.25) is 10.0 Å². The summed E-state index contributed by atoms with van der Waals surface area (Å²) in [6.45, 7) is 3.81. The number of rotatable bonds is 8. The summed E-state index contributed by atoms with van der Waals surface area (Å²) in [7, 11) is -1.83. The Labute approximate surface area is 177 Å². The largest absolute Gasteiger partial charge is 0.497 e. The lowest BCUT2D eigenvalue weighted by molar-refractivity contribution is 0.0951. The van der Waals surface area contributed by atoms with Crippen molar-refractivity contribution in [2.75, 3.05) is 7.11 Å². The smallest absolute Gasteiger partial charge is 0.251 e. The first-order chi connectivity index (χ1) is 14.3. The van der Waals surface area contributed by atoms with E-state index in [9.17, 15) is 13.2 Å². The lowest BCUT2D eigenvalue weighted by Gasteiger charge is -2.13. The molecule has 0 atom stereocenters. The van der Waals surface area contributed by atoms with Crippen molar-refractivity contribution in [3.63, 3.8) is 0 Å². The third-order valence-corrected chi connectivity index (χ3v) is 6.15.